The van der Waals surface area contributed by atoms with E-state index in [9.17, 15) is 19.8 Å². The Labute approximate surface area is 136 Å². The second kappa shape index (κ2) is 5.96. The van der Waals surface area contributed by atoms with E-state index in [-0.39, 0.29) is 12.0 Å². The van der Waals surface area contributed by atoms with Gasteiger partial charge in [-0.15, -0.1) is 0 Å². The Balaban J connectivity index is 2.68. The first-order valence-electron chi connectivity index (χ1n) is 6.52. The number of aliphatic carboxylic acids is 2. The fraction of sp³-hybridized carbons (Fsp3) is 0.250. The number of hydrogen-bond donors (Lipinski definition) is 2. The first kappa shape index (κ1) is 16.3. The predicted octanol–water partition coefficient (Wildman–Crippen LogP) is 3.14. The van der Waals surface area contributed by atoms with Crippen LogP contribution in [0.1, 0.15) is 18.9 Å². The predicted molar refractivity (Wildman–Crippen MR) is 84.1 cm³/mol. The first-order chi connectivity index (χ1) is 10.3. The van der Waals surface area contributed by atoms with Crippen LogP contribution < -0.4 is 4.74 Å². The van der Waals surface area contributed by atoms with Gasteiger partial charge >= 0.3 is 11.9 Å². The van der Waals surface area contributed by atoms with E-state index in [0.717, 1.165) is 0 Å². The molecule has 0 aromatic heterocycles. The van der Waals surface area contributed by atoms with Gasteiger partial charge in [-0.2, -0.15) is 0 Å². The van der Waals surface area contributed by atoms with Crippen LogP contribution >= 0.6 is 15.9 Å². The Kier molecular flexibility index (Phi) is 4.42. The van der Waals surface area contributed by atoms with E-state index in [4.69, 9.17) is 4.74 Å². The number of carboxylic acids is 2. The summed E-state index contributed by atoms with van der Waals surface area (Å²) in [6.07, 6.45) is 2.94. The van der Waals surface area contributed by atoms with Crippen LogP contribution in [0.4, 0.5) is 0 Å². The average Bonchev–Trinajstić information content (AvgIpc) is 2.47. The van der Waals surface area contributed by atoms with Crippen molar-refractivity contribution in [3.05, 3.63) is 51.5 Å². The van der Waals surface area contributed by atoms with Crippen LogP contribution in [0.15, 0.2) is 46.0 Å². The molecule has 0 aliphatic heterocycles. The number of benzene rings is 1. The smallest absolute Gasteiger partial charge is 0.331 e. The van der Waals surface area contributed by atoms with Crippen LogP contribution in [-0.4, -0.2) is 29.3 Å². The Bertz CT molecular complexity index is 704. The summed E-state index contributed by atoms with van der Waals surface area (Å²) in [5, 5.41) is 19.1. The Morgan fingerprint density at radius 3 is 2.55 bits per heavy atom. The van der Waals surface area contributed by atoms with Gasteiger partial charge in [0.15, 0.2) is 0 Å². The molecule has 0 spiro atoms. The summed E-state index contributed by atoms with van der Waals surface area (Å²) in [5.41, 5.74) is -0.410. The summed E-state index contributed by atoms with van der Waals surface area (Å²) < 4.78 is 5.93. The number of hydrogen-bond acceptors (Lipinski definition) is 3. The van der Waals surface area contributed by atoms with Gasteiger partial charge in [0.2, 0.25) is 0 Å². The molecule has 1 aliphatic carbocycles. The number of halogens is 1. The molecule has 0 saturated heterocycles. The Hall–Kier alpha value is -2.08. The first-order valence-corrected chi connectivity index (χ1v) is 7.31. The number of ether oxygens (including phenoxy) is 1. The standard InChI is InChI=1S/C16H15BrO5/c1-9-6-7-16(15(20)21,8-10(9)14(18)19)11-4-3-5-12(17)13(11)22-2/h3-7H,8H2,1-2H3,(H,18,19)(H,20,21). The molecular weight excluding hydrogens is 352 g/mol. The third-order valence-electron chi connectivity index (χ3n) is 3.84. The zero-order chi connectivity index (χ0) is 16.5. The summed E-state index contributed by atoms with van der Waals surface area (Å²) in [5.74, 6) is -1.84. The van der Waals surface area contributed by atoms with Crippen LogP contribution in [0.5, 0.6) is 5.75 Å². The van der Waals surface area contributed by atoms with Gasteiger partial charge in [0.1, 0.15) is 11.2 Å². The second-order valence-corrected chi connectivity index (χ2v) is 5.93. The second-order valence-electron chi connectivity index (χ2n) is 5.07. The van der Waals surface area contributed by atoms with Crippen LogP contribution in [0.2, 0.25) is 0 Å². The molecule has 2 rings (SSSR count). The molecule has 22 heavy (non-hydrogen) atoms. The van der Waals surface area contributed by atoms with Crippen molar-refractivity contribution in [2.24, 2.45) is 0 Å². The molecule has 1 aliphatic rings. The third-order valence-corrected chi connectivity index (χ3v) is 4.47. The van der Waals surface area contributed by atoms with Gasteiger partial charge in [0.25, 0.3) is 0 Å². The maximum atomic E-state index is 12.0. The lowest BCUT2D eigenvalue weighted by molar-refractivity contribution is -0.142. The van der Waals surface area contributed by atoms with Crippen LogP contribution in [0.3, 0.4) is 0 Å². The van der Waals surface area contributed by atoms with Crippen LogP contribution in [0.25, 0.3) is 0 Å². The maximum absolute atomic E-state index is 12.0. The highest BCUT2D eigenvalue weighted by Gasteiger charge is 2.44. The fourth-order valence-corrected chi connectivity index (χ4v) is 3.13. The van der Waals surface area contributed by atoms with Gasteiger partial charge in [-0.1, -0.05) is 24.3 Å². The Morgan fingerprint density at radius 2 is 2.00 bits per heavy atom. The van der Waals surface area contributed by atoms with E-state index < -0.39 is 17.4 Å². The highest BCUT2D eigenvalue weighted by molar-refractivity contribution is 9.10. The molecule has 2 N–H and O–H groups in total. The molecule has 5 nitrogen and oxygen atoms in total. The minimum absolute atomic E-state index is 0.0897. The van der Waals surface area contributed by atoms with Crippen molar-refractivity contribution in [1.29, 1.82) is 0 Å². The number of carbonyl (C=O) groups is 2. The lowest BCUT2D eigenvalue weighted by Crippen LogP contribution is -2.37. The summed E-state index contributed by atoms with van der Waals surface area (Å²) in [6.45, 7) is 1.66. The highest BCUT2D eigenvalue weighted by atomic mass is 79.9. The number of rotatable bonds is 4. The summed E-state index contributed by atoms with van der Waals surface area (Å²) in [7, 11) is 1.45. The topological polar surface area (TPSA) is 83.8 Å². The van der Waals surface area contributed by atoms with Crippen molar-refractivity contribution in [3.63, 3.8) is 0 Å². The van der Waals surface area contributed by atoms with Crippen molar-refractivity contribution in [1.82, 2.24) is 0 Å². The van der Waals surface area contributed by atoms with Crippen LogP contribution in [0, 0.1) is 0 Å². The highest BCUT2D eigenvalue weighted by Crippen LogP contribution is 2.44. The van der Waals surface area contributed by atoms with Crippen molar-refractivity contribution in [3.8, 4) is 5.75 Å². The van der Waals surface area contributed by atoms with Crippen molar-refractivity contribution < 1.29 is 24.5 Å². The van der Waals surface area contributed by atoms with E-state index in [1.165, 1.54) is 13.2 Å². The van der Waals surface area contributed by atoms with Crippen molar-refractivity contribution in [2.45, 2.75) is 18.8 Å². The zero-order valence-electron chi connectivity index (χ0n) is 12.1. The van der Waals surface area contributed by atoms with E-state index in [1.807, 2.05) is 0 Å². The summed E-state index contributed by atoms with van der Waals surface area (Å²) >= 11 is 3.33. The van der Waals surface area contributed by atoms with E-state index in [1.54, 1.807) is 31.2 Å². The molecule has 0 bridgehead atoms. The molecule has 116 valence electrons. The number of methoxy groups -OCH3 is 1. The molecule has 0 amide bonds. The summed E-state index contributed by atoms with van der Waals surface area (Å²) in [4.78, 5) is 23.4. The minimum atomic E-state index is -1.47. The number of carboxylic acid groups (broad SMARTS) is 2. The minimum Gasteiger partial charge on any atom is -0.495 e. The largest absolute Gasteiger partial charge is 0.495 e. The molecule has 0 radical (unpaired) electrons. The monoisotopic (exact) mass is 366 g/mol. The van der Waals surface area contributed by atoms with E-state index >= 15 is 0 Å². The van der Waals surface area contributed by atoms with Crippen molar-refractivity contribution in [2.75, 3.05) is 7.11 Å². The fourth-order valence-electron chi connectivity index (χ4n) is 2.60. The van der Waals surface area contributed by atoms with Gasteiger partial charge in [-0.25, -0.2) is 4.79 Å². The molecule has 1 aromatic rings. The van der Waals surface area contributed by atoms with E-state index in [2.05, 4.69) is 15.9 Å². The average molecular weight is 367 g/mol. The molecule has 0 saturated carbocycles. The maximum Gasteiger partial charge on any atom is 0.331 e. The molecule has 1 atom stereocenters. The molecule has 0 heterocycles. The molecule has 1 aromatic carbocycles. The molecule has 6 heteroatoms. The SMILES string of the molecule is COc1c(Br)cccc1C1(C(=O)O)C=CC(C)=C(C(=O)O)C1. The zero-order valence-corrected chi connectivity index (χ0v) is 13.7. The van der Waals surface area contributed by atoms with Gasteiger partial charge in [-0.05, 0) is 34.5 Å². The van der Waals surface area contributed by atoms with E-state index in [0.29, 0.717) is 21.4 Å². The Morgan fingerprint density at radius 1 is 1.32 bits per heavy atom. The number of allylic oxidation sites excluding steroid dienone is 2. The molecular formula is C16H15BrO5. The van der Waals surface area contributed by atoms with Crippen LogP contribution in [-0.2, 0) is 15.0 Å². The summed E-state index contributed by atoms with van der Waals surface area (Å²) in [6, 6.07) is 5.08. The van der Waals surface area contributed by atoms with Gasteiger partial charge < -0.3 is 14.9 Å². The quantitative estimate of drug-likeness (QED) is 0.854. The lowest BCUT2D eigenvalue weighted by Gasteiger charge is -2.31. The normalized spacial score (nSPS) is 20.9. The van der Waals surface area contributed by atoms with Gasteiger partial charge in [0, 0.05) is 17.6 Å². The van der Waals surface area contributed by atoms with Gasteiger partial charge in [0.05, 0.1) is 11.6 Å². The third kappa shape index (κ3) is 2.54. The number of para-hydroxylation sites is 1. The molecule has 0 fully saturated rings. The van der Waals surface area contributed by atoms with Gasteiger partial charge in [-0.3, -0.25) is 4.79 Å². The lowest BCUT2D eigenvalue weighted by atomic mass is 9.71. The molecule has 1 unspecified atom stereocenters. The van der Waals surface area contributed by atoms with Crippen molar-refractivity contribution >= 4 is 27.9 Å².